The highest BCUT2D eigenvalue weighted by Gasteiger charge is 2.23. The van der Waals surface area contributed by atoms with Crippen LogP contribution < -0.4 is 16.6 Å². The molecule has 1 aromatic heterocycles. The Bertz CT molecular complexity index is 709. The molecule has 0 unspecified atom stereocenters. The molecule has 0 aliphatic rings. The molecule has 0 amide bonds. The van der Waals surface area contributed by atoms with E-state index in [1.807, 2.05) is 0 Å². The molecule has 0 spiro atoms. The second kappa shape index (κ2) is 6.08. The van der Waals surface area contributed by atoms with Gasteiger partial charge in [0.2, 0.25) is 11.6 Å². The topological polar surface area (TPSA) is 119 Å². The fourth-order valence-corrected chi connectivity index (χ4v) is 2.05. The molecule has 21 heavy (non-hydrogen) atoms. The van der Waals surface area contributed by atoms with Crippen LogP contribution in [-0.2, 0) is 0 Å². The SMILES string of the molecule is Cc1cc(Cl)c(Nc2ncnc(NN)c2[N+](=O)[O-])cc1Cl. The first kappa shape index (κ1) is 15.2. The number of hydrogen-bond acceptors (Lipinski definition) is 7. The maximum absolute atomic E-state index is 11.1. The number of nitrogens with one attached hydrogen (secondary N) is 2. The molecule has 0 saturated heterocycles. The van der Waals surface area contributed by atoms with Crippen LogP contribution in [0.25, 0.3) is 0 Å². The van der Waals surface area contributed by atoms with Gasteiger partial charge in [-0.05, 0) is 24.6 Å². The Morgan fingerprint density at radius 3 is 2.52 bits per heavy atom. The van der Waals surface area contributed by atoms with Gasteiger partial charge in [-0.15, -0.1) is 0 Å². The maximum Gasteiger partial charge on any atom is 0.354 e. The lowest BCUT2D eigenvalue weighted by atomic mass is 10.2. The van der Waals surface area contributed by atoms with E-state index in [1.54, 1.807) is 19.1 Å². The fraction of sp³-hybridized carbons (Fsp3) is 0.0909. The summed E-state index contributed by atoms with van der Waals surface area (Å²) in [6.45, 7) is 1.79. The number of hydrazine groups is 1. The number of rotatable bonds is 4. The molecule has 0 aliphatic carbocycles. The van der Waals surface area contributed by atoms with Gasteiger partial charge in [-0.2, -0.15) is 0 Å². The number of benzene rings is 1. The number of nitro groups is 1. The van der Waals surface area contributed by atoms with Gasteiger partial charge in [0, 0.05) is 5.02 Å². The molecule has 0 aliphatic heterocycles. The zero-order chi connectivity index (χ0) is 15.6. The number of nitrogen functional groups attached to an aromatic ring is 1. The molecule has 0 bridgehead atoms. The maximum atomic E-state index is 11.1. The van der Waals surface area contributed by atoms with Crippen LogP contribution in [0.3, 0.4) is 0 Å². The van der Waals surface area contributed by atoms with E-state index in [-0.39, 0.29) is 11.6 Å². The molecule has 0 saturated carbocycles. The molecule has 110 valence electrons. The molecule has 0 atom stereocenters. The van der Waals surface area contributed by atoms with Gasteiger partial charge >= 0.3 is 5.69 Å². The minimum Gasteiger partial charge on any atom is -0.333 e. The highest BCUT2D eigenvalue weighted by Crippen LogP contribution is 2.35. The lowest BCUT2D eigenvalue weighted by Crippen LogP contribution is -2.12. The van der Waals surface area contributed by atoms with Crippen LogP contribution in [0.15, 0.2) is 18.5 Å². The molecule has 10 heteroatoms. The van der Waals surface area contributed by atoms with E-state index in [0.29, 0.717) is 15.7 Å². The van der Waals surface area contributed by atoms with E-state index in [2.05, 4.69) is 20.7 Å². The van der Waals surface area contributed by atoms with Crippen molar-refractivity contribution in [2.24, 2.45) is 5.84 Å². The van der Waals surface area contributed by atoms with Gasteiger partial charge < -0.3 is 10.7 Å². The van der Waals surface area contributed by atoms with Crippen molar-refractivity contribution in [3.05, 3.63) is 44.2 Å². The molecular weight excluding hydrogens is 319 g/mol. The van der Waals surface area contributed by atoms with Crippen molar-refractivity contribution in [1.82, 2.24) is 9.97 Å². The Kier molecular flexibility index (Phi) is 4.41. The quantitative estimate of drug-likeness (QED) is 0.448. The number of aryl methyl sites for hydroxylation is 1. The predicted octanol–water partition coefficient (Wildman–Crippen LogP) is 3.03. The number of nitrogens with zero attached hydrogens (tertiary/aromatic N) is 3. The van der Waals surface area contributed by atoms with Crippen molar-refractivity contribution in [1.29, 1.82) is 0 Å². The van der Waals surface area contributed by atoms with Crippen molar-refractivity contribution < 1.29 is 4.92 Å². The Labute approximate surface area is 129 Å². The van der Waals surface area contributed by atoms with Crippen molar-refractivity contribution in [2.75, 3.05) is 10.7 Å². The number of hydrogen-bond donors (Lipinski definition) is 3. The van der Waals surface area contributed by atoms with Gasteiger partial charge in [0.15, 0.2) is 0 Å². The first-order chi connectivity index (χ1) is 9.93. The second-order valence-corrected chi connectivity index (χ2v) is 4.84. The Hall–Kier alpha value is -2.16. The molecule has 1 aromatic carbocycles. The largest absolute Gasteiger partial charge is 0.354 e. The third kappa shape index (κ3) is 3.13. The fourth-order valence-electron chi connectivity index (χ4n) is 1.62. The number of nitrogens with two attached hydrogens (primary N) is 1. The Morgan fingerprint density at radius 1 is 1.24 bits per heavy atom. The molecule has 4 N–H and O–H groups in total. The van der Waals surface area contributed by atoms with Gasteiger partial charge in [0.05, 0.1) is 15.6 Å². The van der Waals surface area contributed by atoms with E-state index < -0.39 is 10.6 Å². The first-order valence-corrected chi connectivity index (χ1v) is 6.38. The summed E-state index contributed by atoms with van der Waals surface area (Å²) >= 11 is 12.1. The predicted molar refractivity (Wildman–Crippen MR) is 81.0 cm³/mol. The molecule has 2 aromatic rings. The van der Waals surface area contributed by atoms with E-state index in [0.717, 1.165) is 11.9 Å². The zero-order valence-corrected chi connectivity index (χ0v) is 12.2. The number of anilines is 3. The van der Waals surface area contributed by atoms with Gasteiger partial charge in [-0.1, -0.05) is 23.2 Å². The lowest BCUT2D eigenvalue weighted by Gasteiger charge is -2.11. The molecule has 0 fully saturated rings. The summed E-state index contributed by atoms with van der Waals surface area (Å²) in [4.78, 5) is 18.0. The third-order valence-corrected chi connectivity index (χ3v) is 3.36. The van der Waals surface area contributed by atoms with Crippen LogP contribution in [0.2, 0.25) is 10.0 Å². The van der Waals surface area contributed by atoms with E-state index in [1.165, 1.54) is 0 Å². The minimum absolute atomic E-state index is 0.0511. The Morgan fingerprint density at radius 2 is 1.90 bits per heavy atom. The van der Waals surface area contributed by atoms with Gasteiger partial charge in [0.25, 0.3) is 0 Å². The molecule has 1 heterocycles. The van der Waals surface area contributed by atoms with E-state index in [9.17, 15) is 10.1 Å². The molecule has 8 nitrogen and oxygen atoms in total. The highest BCUT2D eigenvalue weighted by molar-refractivity contribution is 6.35. The monoisotopic (exact) mass is 328 g/mol. The van der Waals surface area contributed by atoms with Crippen molar-refractivity contribution in [2.45, 2.75) is 6.92 Å². The smallest absolute Gasteiger partial charge is 0.333 e. The average Bonchev–Trinajstić information content (AvgIpc) is 2.44. The summed E-state index contributed by atoms with van der Waals surface area (Å²) in [5, 5.41) is 14.7. The zero-order valence-electron chi connectivity index (χ0n) is 10.7. The van der Waals surface area contributed by atoms with Gasteiger partial charge in [-0.3, -0.25) is 10.1 Å². The number of halogens is 2. The van der Waals surface area contributed by atoms with E-state index in [4.69, 9.17) is 29.0 Å². The van der Waals surface area contributed by atoms with Crippen LogP contribution in [-0.4, -0.2) is 14.9 Å². The van der Waals surface area contributed by atoms with Crippen LogP contribution in [0.5, 0.6) is 0 Å². The normalized spacial score (nSPS) is 10.3. The number of aromatic nitrogens is 2. The van der Waals surface area contributed by atoms with Gasteiger partial charge in [-0.25, -0.2) is 15.8 Å². The van der Waals surface area contributed by atoms with Crippen molar-refractivity contribution in [3.8, 4) is 0 Å². The summed E-state index contributed by atoms with van der Waals surface area (Å²) in [6.07, 6.45) is 1.13. The van der Waals surface area contributed by atoms with Crippen LogP contribution >= 0.6 is 23.2 Å². The Balaban J connectivity index is 2.49. The summed E-state index contributed by atoms with van der Waals surface area (Å²) in [5.74, 6) is 5.04. The average molecular weight is 329 g/mol. The standard InChI is InChI=1S/C11H10Cl2N6O2/c1-5-2-7(13)8(3-6(5)12)17-10-9(19(20)21)11(18-14)16-4-15-10/h2-4H,14H2,1H3,(H2,15,16,17,18). The minimum atomic E-state index is -0.652. The van der Waals surface area contributed by atoms with Gasteiger partial charge in [0.1, 0.15) is 6.33 Å². The summed E-state index contributed by atoms with van der Waals surface area (Å²) < 4.78 is 0. The van der Waals surface area contributed by atoms with Crippen LogP contribution in [0.4, 0.5) is 23.0 Å². The molecule has 2 rings (SSSR count). The van der Waals surface area contributed by atoms with Crippen LogP contribution in [0.1, 0.15) is 5.56 Å². The summed E-state index contributed by atoms with van der Waals surface area (Å²) in [7, 11) is 0. The summed E-state index contributed by atoms with van der Waals surface area (Å²) in [5.41, 5.74) is 2.92. The van der Waals surface area contributed by atoms with Crippen molar-refractivity contribution in [3.63, 3.8) is 0 Å². The lowest BCUT2D eigenvalue weighted by molar-refractivity contribution is -0.383. The van der Waals surface area contributed by atoms with E-state index >= 15 is 0 Å². The molecular formula is C11H10Cl2N6O2. The highest BCUT2D eigenvalue weighted by atomic mass is 35.5. The molecule has 0 radical (unpaired) electrons. The first-order valence-electron chi connectivity index (χ1n) is 5.62. The summed E-state index contributed by atoms with van der Waals surface area (Å²) in [6, 6.07) is 3.20. The second-order valence-electron chi connectivity index (χ2n) is 4.03. The van der Waals surface area contributed by atoms with Crippen molar-refractivity contribution >= 4 is 46.2 Å². The third-order valence-electron chi connectivity index (χ3n) is 2.64. The van der Waals surface area contributed by atoms with Crippen LogP contribution in [0, 0.1) is 17.0 Å².